The van der Waals surface area contributed by atoms with E-state index < -0.39 is 0 Å². The van der Waals surface area contributed by atoms with Crippen molar-refractivity contribution in [3.8, 4) is 11.5 Å². The van der Waals surface area contributed by atoms with Gasteiger partial charge in [-0.05, 0) is 58.1 Å². The molecule has 2 aromatic rings. The summed E-state index contributed by atoms with van der Waals surface area (Å²) in [6.45, 7) is 3.40. The Morgan fingerprint density at radius 1 is 1.31 bits per heavy atom. The Hall–Kier alpha value is -2.05. The molecule has 6 heteroatoms. The lowest BCUT2D eigenvalue weighted by molar-refractivity contribution is -0.150. The van der Waals surface area contributed by atoms with Crippen LogP contribution < -0.4 is 4.74 Å². The zero-order chi connectivity index (χ0) is 18.7. The third kappa shape index (κ3) is 3.86. The molecular formula is C20H22BrNO4. The second-order valence-corrected chi connectivity index (χ2v) is 7.13. The Bertz CT molecular complexity index is 808. The van der Waals surface area contributed by atoms with Crippen LogP contribution in [0.3, 0.4) is 0 Å². The van der Waals surface area contributed by atoms with Gasteiger partial charge in [-0.3, -0.25) is 9.69 Å². The summed E-state index contributed by atoms with van der Waals surface area (Å²) < 4.78 is 11.1. The zero-order valence-corrected chi connectivity index (χ0v) is 16.5. The van der Waals surface area contributed by atoms with Crippen LogP contribution in [-0.4, -0.2) is 35.7 Å². The fourth-order valence-corrected chi connectivity index (χ4v) is 3.81. The van der Waals surface area contributed by atoms with E-state index in [0.717, 1.165) is 5.56 Å². The zero-order valence-electron chi connectivity index (χ0n) is 14.9. The van der Waals surface area contributed by atoms with Gasteiger partial charge >= 0.3 is 5.97 Å². The van der Waals surface area contributed by atoms with E-state index in [1.54, 1.807) is 6.07 Å². The topological polar surface area (TPSA) is 59.0 Å². The van der Waals surface area contributed by atoms with Crippen LogP contribution in [0.25, 0.3) is 0 Å². The van der Waals surface area contributed by atoms with E-state index in [9.17, 15) is 9.90 Å². The van der Waals surface area contributed by atoms with Crippen molar-refractivity contribution in [2.24, 2.45) is 0 Å². The molecule has 0 saturated heterocycles. The average molecular weight is 420 g/mol. The Kier molecular flexibility index (Phi) is 5.84. The molecular weight excluding hydrogens is 398 g/mol. The first-order valence-electron chi connectivity index (χ1n) is 8.56. The largest absolute Gasteiger partial charge is 0.503 e. The highest BCUT2D eigenvalue weighted by molar-refractivity contribution is 9.10. The predicted molar refractivity (Wildman–Crippen MR) is 102 cm³/mol. The number of esters is 1. The van der Waals surface area contributed by atoms with Crippen molar-refractivity contribution in [3.63, 3.8) is 0 Å². The maximum Gasteiger partial charge on any atom is 0.323 e. The smallest absolute Gasteiger partial charge is 0.323 e. The molecule has 3 rings (SSSR count). The summed E-state index contributed by atoms with van der Waals surface area (Å²) in [6, 6.07) is 11.5. The highest BCUT2D eigenvalue weighted by atomic mass is 79.9. The number of halogens is 1. The number of hydrogen-bond donors (Lipinski definition) is 1. The number of ether oxygens (including phenoxy) is 2. The third-order valence-electron chi connectivity index (χ3n) is 4.60. The summed E-state index contributed by atoms with van der Waals surface area (Å²) in [4.78, 5) is 14.6. The van der Waals surface area contributed by atoms with Gasteiger partial charge in [0.15, 0.2) is 11.5 Å². The molecule has 1 atom stereocenters. The summed E-state index contributed by atoms with van der Waals surface area (Å²) in [5.74, 6) is 0.272. The summed E-state index contributed by atoms with van der Waals surface area (Å²) in [5, 5.41) is 10.0. The SMILES string of the molecule is CCOC(=O)C1Cc2ccccc2CN1Cc1cc(Br)c(O)c(OC)c1. The van der Waals surface area contributed by atoms with E-state index in [2.05, 4.69) is 33.0 Å². The summed E-state index contributed by atoms with van der Waals surface area (Å²) in [5.41, 5.74) is 3.35. The van der Waals surface area contributed by atoms with Gasteiger partial charge in [-0.15, -0.1) is 0 Å². The Morgan fingerprint density at radius 3 is 2.73 bits per heavy atom. The molecule has 26 heavy (non-hydrogen) atoms. The normalized spacial score (nSPS) is 16.8. The third-order valence-corrected chi connectivity index (χ3v) is 5.20. The minimum Gasteiger partial charge on any atom is -0.503 e. The summed E-state index contributed by atoms with van der Waals surface area (Å²) >= 11 is 3.36. The van der Waals surface area contributed by atoms with E-state index in [1.807, 2.05) is 25.1 Å². The number of carbonyl (C=O) groups excluding carboxylic acids is 1. The van der Waals surface area contributed by atoms with E-state index >= 15 is 0 Å². The Morgan fingerprint density at radius 2 is 2.04 bits per heavy atom. The lowest BCUT2D eigenvalue weighted by Crippen LogP contribution is -2.45. The number of phenolic OH excluding ortho intramolecular Hbond substituents is 1. The van der Waals surface area contributed by atoms with Crippen LogP contribution >= 0.6 is 15.9 Å². The first-order chi connectivity index (χ1) is 12.5. The van der Waals surface area contributed by atoms with Crippen molar-refractivity contribution in [2.75, 3.05) is 13.7 Å². The Balaban J connectivity index is 1.90. The number of hydrogen-bond acceptors (Lipinski definition) is 5. The van der Waals surface area contributed by atoms with E-state index in [-0.39, 0.29) is 17.8 Å². The number of methoxy groups -OCH3 is 1. The molecule has 0 saturated carbocycles. The van der Waals surface area contributed by atoms with Crippen LogP contribution in [0, 0.1) is 0 Å². The van der Waals surface area contributed by atoms with Gasteiger partial charge in [-0.1, -0.05) is 24.3 Å². The molecule has 0 fully saturated rings. The molecule has 138 valence electrons. The summed E-state index contributed by atoms with van der Waals surface area (Å²) in [7, 11) is 1.52. The molecule has 1 unspecified atom stereocenters. The minimum atomic E-state index is -0.330. The molecule has 0 amide bonds. The van der Waals surface area contributed by atoms with Crippen molar-refractivity contribution < 1.29 is 19.4 Å². The molecule has 1 heterocycles. The minimum absolute atomic E-state index is 0.0715. The van der Waals surface area contributed by atoms with Crippen molar-refractivity contribution in [1.82, 2.24) is 4.90 Å². The van der Waals surface area contributed by atoms with Gasteiger partial charge in [0, 0.05) is 13.1 Å². The monoisotopic (exact) mass is 419 g/mol. The van der Waals surface area contributed by atoms with Crippen molar-refractivity contribution in [1.29, 1.82) is 0 Å². The number of carbonyl (C=O) groups is 1. The van der Waals surface area contributed by atoms with E-state index in [4.69, 9.17) is 9.47 Å². The Labute approximate surface area is 161 Å². The molecule has 0 aliphatic carbocycles. The lowest BCUT2D eigenvalue weighted by atomic mass is 9.93. The molecule has 1 N–H and O–H groups in total. The summed E-state index contributed by atoms with van der Waals surface area (Å²) in [6.07, 6.45) is 0.630. The second kappa shape index (κ2) is 8.10. The van der Waals surface area contributed by atoms with Crippen LogP contribution in [0.4, 0.5) is 0 Å². The number of benzene rings is 2. The number of nitrogens with zero attached hydrogens (tertiary/aromatic N) is 1. The fourth-order valence-electron chi connectivity index (χ4n) is 3.32. The van der Waals surface area contributed by atoms with Crippen molar-refractivity contribution in [2.45, 2.75) is 32.5 Å². The van der Waals surface area contributed by atoms with Gasteiger partial charge < -0.3 is 14.6 Å². The van der Waals surface area contributed by atoms with Crippen molar-refractivity contribution >= 4 is 21.9 Å². The quantitative estimate of drug-likeness (QED) is 0.749. The van der Waals surface area contributed by atoms with Gasteiger partial charge in [0.25, 0.3) is 0 Å². The van der Waals surface area contributed by atoms with Gasteiger partial charge in [0.05, 0.1) is 18.2 Å². The molecule has 0 radical (unpaired) electrons. The van der Waals surface area contributed by atoms with Gasteiger partial charge in [0.2, 0.25) is 0 Å². The number of rotatable bonds is 5. The molecule has 1 aliphatic rings. The van der Waals surface area contributed by atoms with Crippen LogP contribution in [0.15, 0.2) is 40.9 Å². The first-order valence-corrected chi connectivity index (χ1v) is 9.35. The standard InChI is InChI=1S/C20H22BrNO4/c1-3-26-20(24)17-10-14-6-4-5-7-15(14)12-22(17)11-13-8-16(21)19(23)18(9-13)25-2/h4-9,17,23H,3,10-12H2,1-2H3. The molecule has 1 aliphatic heterocycles. The second-order valence-electron chi connectivity index (χ2n) is 6.27. The van der Waals surface area contributed by atoms with Crippen molar-refractivity contribution in [3.05, 3.63) is 57.6 Å². The molecule has 5 nitrogen and oxygen atoms in total. The maximum atomic E-state index is 12.5. The first kappa shape index (κ1) is 18.7. The number of phenols is 1. The van der Waals surface area contributed by atoms with Crippen LogP contribution in [0.5, 0.6) is 11.5 Å². The predicted octanol–water partition coefficient (Wildman–Crippen LogP) is 3.65. The molecule has 0 aromatic heterocycles. The molecule has 0 bridgehead atoms. The van der Waals surface area contributed by atoms with E-state index in [1.165, 1.54) is 18.2 Å². The van der Waals surface area contributed by atoms with Crippen LogP contribution in [-0.2, 0) is 29.0 Å². The number of aromatic hydroxyl groups is 1. The maximum absolute atomic E-state index is 12.5. The fraction of sp³-hybridized carbons (Fsp3) is 0.350. The average Bonchev–Trinajstić information content (AvgIpc) is 2.64. The highest BCUT2D eigenvalue weighted by Gasteiger charge is 2.32. The van der Waals surface area contributed by atoms with Gasteiger partial charge in [-0.2, -0.15) is 0 Å². The highest BCUT2D eigenvalue weighted by Crippen LogP contribution is 2.36. The van der Waals surface area contributed by atoms with E-state index in [0.29, 0.717) is 36.3 Å². The molecule has 2 aromatic carbocycles. The lowest BCUT2D eigenvalue weighted by Gasteiger charge is -2.35. The van der Waals surface area contributed by atoms with Crippen LogP contribution in [0.2, 0.25) is 0 Å². The number of fused-ring (bicyclic) bond motifs is 1. The molecule has 0 spiro atoms. The van der Waals surface area contributed by atoms with Crippen LogP contribution in [0.1, 0.15) is 23.6 Å². The van der Waals surface area contributed by atoms with Gasteiger partial charge in [0.1, 0.15) is 6.04 Å². The van der Waals surface area contributed by atoms with Gasteiger partial charge in [-0.25, -0.2) is 0 Å².